The van der Waals surface area contributed by atoms with Crippen LogP contribution in [0.2, 0.25) is 0 Å². The van der Waals surface area contributed by atoms with Crippen LogP contribution in [0.4, 0.5) is 5.69 Å². The topological polar surface area (TPSA) is 97.4 Å². The normalized spacial score (nSPS) is 12.8. The first-order valence-corrected chi connectivity index (χ1v) is 10.9. The van der Waals surface area contributed by atoms with Gasteiger partial charge in [-0.05, 0) is 30.3 Å². The molecule has 0 fully saturated rings. The van der Waals surface area contributed by atoms with E-state index < -0.39 is 15.7 Å². The summed E-state index contributed by atoms with van der Waals surface area (Å²) in [7, 11) is -3.37. The van der Waals surface area contributed by atoms with E-state index in [9.17, 15) is 22.8 Å². The SMILES string of the molecule is CCS(=O)(=O)c1ccc(C(=O)Nc2cccc3c2C(=O)c2ccccc2C3=O)cc1. The lowest BCUT2D eigenvalue weighted by atomic mass is 9.83. The molecule has 0 heterocycles. The minimum absolute atomic E-state index is 0.0354. The largest absolute Gasteiger partial charge is 0.321 e. The number of hydrogen-bond acceptors (Lipinski definition) is 5. The fraction of sp³-hybridized carbons (Fsp3) is 0.0870. The maximum absolute atomic E-state index is 13.0. The Balaban J connectivity index is 1.68. The third-order valence-corrected chi connectivity index (χ3v) is 6.81. The maximum atomic E-state index is 13.0. The summed E-state index contributed by atoms with van der Waals surface area (Å²) in [5.41, 5.74) is 1.49. The number of nitrogens with one attached hydrogen (secondary N) is 1. The highest BCUT2D eigenvalue weighted by molar-refractivity contribution is 7.91. The minimum atomic E-state index is -3.37. The van der Waals surface area contributed by atoms with Gasteiger partial charge in [0.1, 0.15) is 0 Å². The Labute approximate surface area is 173 Å². The number of carbonyl (C=O) groups excluding carboxylic acids is 3. The molecule has 0 unspecified atom stereocenters. The zero-order valence-electron chi connectivity index (χ0n) is 16.0. The van der Waals surface area contributed by atoms with E-state index in [0.717, 1.165) is 0 Å². The molecular formula is C23H17NO5S. The van der Waals surface area contributed by atoms with E-state index in [0.29, 0.717) is 11.1 Å². The lowest BCUT2D eigenvalue weighted by Gasteiger charge is -2.20. The van der Waals surface area contributed by atoms with Crippen molar-refractivity contribution in [2.45, 2.75) is 11.8 Å². The Morgan fingerprint density at radius 1 is 0.800 bits per heavy atom. The average molecular weight is 419 g/mol. The van der Waals surface area contributed by atoms with Crippen molar-refractivity contribution >= 4 is 33.0 Å². The summed E-state index contributed by atoms with van der Waals surface area (Å²) < 4.78 is 23.9. The Morgan fingerprint density at radius 2 is 1.40 bits per heavy atom. The van der Waals surface area contributed by atoms with Gasteiger partial charge in [-0.3, -0.25) is 14.4 Å². The molecule has 0 bridgehead atoms. The highest BCUT2D eigenvalue weighted by Gasteiger charge is 2.31. The summed E-state index contributed by atoms with van der Waals surface area (Å²) in [6, 6.07) is 16.9. The number of ketones is 2. The van der Waals surface area contributed by atoms with Crippen LogP contribution in [-0.4, -0.2) is 31.6 Å². The number of carbonyl (C=O) groups is 3. The second-order valence-corrected chi connectivity index (χ2v) is 9.09. The van der Waals surface area contributed by atoms with Crippen molar-refractivity contribution in [1.82, 2.24) is 0 Å². The molecule has 4 rings (SSSR count). The van der Waals surface area contributed by atoms with Crippen LogP contribution < -0.4 is 5.32 Å². The lowest BCUT2D eigenvalue weighted by Crippen LogP contribution is -2.23. The Morgan fingerprint density at radius 3 is 2.03 bits per heavy atom. The van der Waals surface area contributed by atoms with Crippen LogP contribution in [0.25, 0.3) is 0 Å². The first-order chi connectivity index (χ1) is 14.3. The predicted molar refractivity (Wildman–Crippen MR) is 112 cm³/mol. The molecule has 1 aliphatic carbocycles. The molecule has 0 aromatic heterocycles. The molecule has 150 valence electrons. The molecule has 1 N–H and O–H groups in total. The van der Waals surface area contributed by atoms with Gasteiger partial charge in [0, 0.05) is 22.3 Å². The summed E-state index contributed by atoms with van der Waals surface area (Å²) in [6.07, 6.45) is 0. The van der Waals surface area contributed by atoms with Gasteiger partial charge >= 0.3 is 0 Å². The molecule has 0 atom stereocenters. The minimum Gasteiger partial charge on any atom is -0.321 e. The van der Waals surface area contributed by atoms with Crippen LogP contribution in [0.15, 0.2) is 71.6 Å². The Bertz CT molecular complexity index is 1310. The second kappa shape index (κ2) is 7.35. The standard InChI is InChI=1S/C23H17NO5S/c1-2-30(28,29)15-12-10-14(11-13-15)23(27)24-19-9-5-8-18-20(19)22(26)17-7-4-3-6-16(17)21(18)25/h3-13H,2H2,1H3,(H,24,27). The van der Waals surface area contributed by atoms with E-state index >= 15 is 0 Å². The predicted octanol–water partition coefficient (Wildman–Crippen LogP) is 3.51. The van der Waals surface area contributed by atoms with Crippen LogP contribution in [-0.2, 0) is 9.84 Å². The average Bonchev–Trinajstić information content (AvgIpc) is 2.77. The van der Waals surface area contributed by atoms with Crippen molar-refractivity contribution in [2.24, 2.45) is 0 Å². The molecule has 1 amide bonds. The van der Waals surface area contributed by atoms with Crippen LogP contribution in [0.5, 0.6) is 0 Å². The van der Waals surface area contributed by atoms with Gasteiger partial charge in [0.05, 0.1) is 21.9 Å². The third-order valence-electron chi connectivity index (χ3n) is 5.06. The Kier molecular flexibility index (Phi) is 4.83. The first-order valence-electron chi connectivity index (χ1n) is 9.29. The molecule has 6 nitrogen and oxygen atoms in total. The molecule has 1 aliphatic rings. The summed E-state index contributed by atoms with van der Waals surface area (Å²) in [6.45, 7) is 1.55. The van der Waals surface area contributed by atoms with Crippen LogP contribution >= 0.6 is 0 Å². The van der Waals surface area contributed by atoms with Gasteiger partial charge in [-0.15, -0.1) is 0 Å². The number of hydrogen-bond donors (Lipinski definition) is 1. The van der Waals surface area contributed by atoms with E-state index in [1.54, 1.807) is 49.4 Å². The van der Waals surface area contributed by atoms with E-state index in [1.807, 2.05) is 0 Å². The van der Waals surface area contributed by atoms with Crippen molar-refractivity contribution in [1.29, 1.82) is 0 Å². The molecule has 0 aliphatic heterocycles. The number of anilines is 1. The molecule has 0 radical (unpaired) electrons. The maximum Gasteiger partial charge on any atom is 0.255 e. The van der Waals surface area contributed by atoms with E-state index in [4.69, 9.17) is 0 Å². The van der Waals surface area contributed by atoms with Crippen molar-refractivity contribution in [2.75, 3.05) is 11.1 Å². The molecule has 0 saturated carbocycles. The highest BCUT2D eigenvalue weighted by Crippen LogP contribution is 2.32. The first kappa shape index (κ1) is 19.7. The molecule has 7 heteroatoms. The van der Waals surface area contributed by atoms with Crippen LogP contribution in [0, 0.1) is 0 Å². The monoisotopic (exact) mass is 419 g/mol. The summed E-state index contributed by atoms with van der Waals surface area (Å²) in [4.78, 5) is 38.7. The van der Waals surface area contributed by atoms with Gasteiger partial charge in [-0.1, -0.05) is 43.3 Å². The summed E-state index contributed by atoms with van der Waals surface area (Å²) in [5, 5.41) is 2.68. The van der Waals surface area contributed by atoms with Crippen LogP contribution in [0.1, 0.15) is 49.1 Å². The van der Waals surface area contributed by atoms with Crippen LogP contribution in [0.3, 0.4) is 0 Å². The lowest BCUT2D eigenvalue weighted by molar-refractivity contribution is 0.0978. The van der Waals surface area contributed by atoms with Gasteiger partial charge in [-0.25, -0.2) is 8.42 Å². The van der Waals surface area contributed by atoms with E-state index in [1.165, 1.54) is 24.3 Å². The number of benzene rings is 3. The fourth-order valence-electron chi connectivity index (χ4n) is 3.42. The van der Waals surface area contributed by atoms with Gasteiger partial charge in [0.15, 0.2) is 21.4 Å². The van der Waals surface area contributed by atoms with Gasteiger partial charge in [0.25, 0.3) is 5.91 Å². The van der Waals surface area contributed by atoms with Crippen molar-refractivity contribution in [3.8, 4) is 0 Å². The van der Waals surface area contributed by atoms with Gasteiger partial charge < -0.3 is 5.32 Å². The molecule has 30 heavy (non-hydrogen) atoms. The van der Waals surface area contributed by atoms with Crippen molar-refractivity contribution in [3.63, 3.8) is 0 Å². The Hall–Kier alpha value is -3.58. The molecule has 3 aromatic rings. The smallest absolute Gasteiger partial charge is 0.255 e. The van der Waals surface area contributed by atoms with Gasteiger partial charge in [-0.2, -0.15) is 0 Å². The number of amides is 1. The van der Waals surface area contributed by atoms with E-state index in [-0.39, 0.29) is 44.6 Å². The van der Waals surface area contributed by atoms with E-state index in [2.05, 4.69) is 5.32 Å². The quantitative estimate of drug-likeness (QED) is 0.546. The van der Waals surface area contributed by atoms with Gasteiger partial charge in [0.2, 0.25) is 0 Å². The zero-order chi connectivity index (χ0) is 21.5. The summed E-state index contributed by atoms with van der Waals surface area (Å²) >= 11 is 0. The zero-order valence-corrected chi connectivity index (χ0v) is 16.8. The number of sulfone groups is 1. The molecule has 0 saturated heterocycles. The molecular weight excluding hydrogens is 402 g/mol. The number of fused-ring (bicyclic) bond motifs is 2. The highest BCUT2D eigenvalue weighted by atomic mass is 32.2. The third kappa shape index (κ3) is 3.23. The molecule has 3 aromatic carbocycles. The van der Waals surface area contributed by atoms with Crippen molar-refractivity contribution < 1.29 is 22.8 Å². The number of rotatable bonds is 4. The second-order valence-electron chi connectivity index (χ2n) is 6.81. The summed E-state index contributed by atoms with van der Waals surface area (Å²) in [5.74, 6) is -1.15. The van der Waals surface area contributed by atoms with Crippen molar-refractivity contribution in [3.05, 3.63) is 94.5 Å². The fourth-order valence-corrected chi connectivity index (χ4v) is 4.31. The molecule has 0 spiro atoms.